The topological polar surface area (TPSA) is 49.7 Å². The van der Waals surface area contributed by atoms with E-state index in [1.165, 1.54) is 0 Å². The van der Waals surface area contributed by atoms with Crippen LogP contribution in [-0.4, -0.2) is 23.4 Å². The van der Waals surface area contributed by atoms with Gasteiger partial charge in [-0.2, -0.15) is 0 Å². The lowest BCUT2D eigenvalue weighted by Gasteiger charge is -2.03. The van der Waals surface area contributed by atoms with Crippen molar-refractivity contribution in [2.45, 2.75) is 6.61 Å². The van der Waals surface area contributed by atoms with Gasteiger partial charge in [-0.3, -0.25) is 0 Å². The van der Waals surface area contributed by atoms with Crippen molar-refractivity contribution in [1.29, 1.82) is 0 Å². The first kappa shape index (κ1) is 9.03. The minimum absolute atomic E-state index is 0.0156. The molecule has 66 valence electrons. The zero-order valence-corrected chi connectivity index (χ0v) is 6.73. The second-order valence-corrected chi connectivity index (χ2v) is 2.37. The van der Waals surface area contributed by atoms with Gasteiger partial charge in [0.15, 0.2) is 0 Å². The molecule has 0 aliphatic rings. The lowest BCUT2D eigenvalue weighted by atomic mass is 10.2. The van der Waals surface area contributed by atoms with Gasteiger partial charge in [0.1, 0.15) is 12.4 Å². The molecule has 0 amide bonds. The molecule has 0 saturated heterocycles. The first-order chi connectivity index (χ1) is 5.86. The summed E-state index contributed by atoms with van der Waals surface area (Å²) in [7, 11) is 0. The fourth-order valence-electron chi connectivity index (χ4n) is 0.855. The van der Waals surface area contributed by atoms with Crippen LogP contribution >= 0.6 is 0 Å². The van der Waals surface area contributed by atoms with Gasteiger partial charge in [-0.25, -0.2) is 0 Å². The summed E-state index contributed by atoms with van der Waals surface area (Å²) in [6.45, 7) is 0.362. The Hall–Kier alpha value is -1.06. The molecule has 0 spiro atoms. The summed E-state index contributed by atoms with van der Waals surface area (Å²) in [5.41, 5.74) is 0.853. The fraction of sp³-hybridized carbons (Fsp3) is 0.333. The molecule has 1 rings (SSSR count). The monoisotopic (exact) mass is 168 g/mol. The van der Waals surface area contributed by atoms with Crippen molar-refractivity contribution in [3.63, 3.8) is 0 Å². The number of ether oxygens (including phenoxy) is 1. The van der Waals surface area contributed by atoms with E-state index in [2.05, 4.69) is 0 Å². The Kier molecular flexibility index (Phi) is 3.57. The standard InChI is InChI=1S/C9H12O3/c10-5-6-12-9-3-1-8(7-11)2-4-9/h1-4,10-11H,5-7H2. The highest BCUT2D eigenvalue weighted by Gasteiger charge is 1.92. The van der Waals surface area contributed by atoms with Crippen molar-refractivity contribution in [2.75, 3.05) is 13.2 Å². The largest absolute Gasteiger partial charge is 0.491 e. The molecular formula is C9H12O3. The van der Waals surface area contributed by atoms with Gasteiger partial charge >= 0.3 is 0 Å². The normalized spacial score (nSPS) is 9.83. The van der Waals surface area contributed by atoms with E-state index in [4.69, 9.17) is 14.9 Å². The lowest BCUT2D eigenvalue weighted by molar-refractivity contribution is 0.201. The molecule has 0 aromatic heterocycles. The van der Waals surface area contributed by atoms with E-state index in [1.807, 2.05) is 0 Å². The van der Waals surface area contributed by atoms with Crippen LogP contribution in [0.4, 0.5) is 0 Å². The SMILES string of the molecule is OCCOc1ccc(CO)cc1. The number of aliphatic hydroxyl groups is 2. The van der Waals surface area contributed by atoms with Crippen LogP contribution in [-0.2, 0) is 6.61 Å². The maximum absolute atomic E-state index is 8.72. The molecule has 1 aromatic rings. The quantitative estimate of drug-likeness (QED) is 0.690. The molecular weight excluding hydrogens is 156 g/mol. The van der Waals surface area contributed by atoms with E-state index in [-0.39, 0.29) is 13.2 Å². The second kappa shape index (κ2) is 4.74. The minimum atomic E-state index is 0.0156. The molecule has 0 unspecified atom stereocenters. The molecule has 1 aromatic carbocycles. The number of hydrogen-bond acceptors (Lipinski definition) is 3. The van der Waals surface area contributed by atoms with E-state index in [0.717, 1.165) is 5.56 Å². The summed E-state index contributed by atoms with van der Waals surface area (Å²) in [6.07, 6.45) is 0. The first-order valence-electron chi connectivity index (χ1n) is 3.80. The summed E-state index contributed by atoms with van der Waals surface area (Å²) in [4.78, 5) is 0. The first-order valence-corrected chi connectivity index (χ1v) is 3.80. The van der Waals surface area contributed by atoms with Crippen LogP contribution in [0.3, 0.4) is 0 Å². The predicted octanol–water partition coefficient (Wildman–Crippen LogP) is 0.550. The van der Waals surface area contributed by atoms with E-state index in [1.54, 1.807) is 24.3 Å². The number of hydrogen-bond donors (Lipinski definition) is 2. The molecule has 0 saturated carbocycles. The Bertz CT molecular complexity index is 218. The van der Waals surface area contributed by atoms with Crippen LogP contribution in [0.25, 0.3) is 0 Å². The molecule has 0 atom stereocenters. The number of rotatable bonds is 4. The van der Waals surface area contributed by atoms with Crippen molar-refractivity contribution in [1.82, 2.24) is 0 Å². The van der Waals surface area contributed by atoms with Gasteiger partial charge in [0.05, 0.1) is 13.2 Å². The Morgan fingerprint density at radius 2 is 1.75 bits per heavy atom. The van der Waals surface area contributed by atoms with Crippen molar-refractivity contribution in [3.05, 3.63) is 29.8 Å². The van der Waals surface area contributed by atoms with E-state index in [0.29, 0.717) is 12.4 Å². The van der Waals surface area contributed by atoms with Crippen molar-refractivity contribution in [2.24, 2.45) is 0 Å². The molecule has 0 aliphatic heterocycles. The number of benzene rings is 1. The zero-order valence-electron chi connectivity index (χ0n) is 6.73. The van der Waals surface area contributed by atoms with Gasteiger partial charge in [0.25, 0.3) is 0 Å². The summed E-state index contributed by atoms with van der Waals surface area (Å²) in [5.74, 6) is 0.709. The molecule has 0 heterocycles. The summed E-state index contributed by atoms with van der Waals surface area (Å²) in [5, 5.41) is 17.2. The molecule has 3 nitrogen and oxygen atoms in total. The van der Waals surface area contributed by atoms with Gasteiger partial charge in [-0.15, -0.1) is 0 Å². The fourth-order valence-corrected chi connectivity index (χ4v) is 0.855. The van der Waals surface area contributed by atoms with Crippen LogP contribution in [0.5, 0.6) is 5.75 Å². The second-order valence-electron chi connectivity index (χ2n) is 2.37. The maximum Gasteiger partial charge on any atom is 0.119 e. The molecule has 12 heavy (non-hydrogen) atoms. The lowest BCUT2D eigenvalue weighted by Crippen LogP contribution is -2.01. The van der Waals surface area contributed by atoms with Gasteiger partial charge in [0.2, 0.25) is 0 Å². The van der Waals surface area contributed by atoms with E-state index >= 15 is 0 Å². The smallest absolute Gasteiger partial charge is 0.119 e. The Morgan fingerprint density at radius 3 is 2.25 bits per heavy atom. The van der Waals surface area contributed by atoms with Crippen molar-refractivity contribution >= 4 is 0 Å². The van der Waals surface area contributed by atoms with Gasteiger partial charge in [0, 0.05) is 0 Å². The third kappa shape index (κ3) is 2.53. The molecule has 0 radical (unpaired) electrons. The van der Waals surface area contributed by atoms with Gasteiger partial charge < -0.3 is 14.9 Å². The molecule has 0 fully saturated rings. The highest BCUT2D eigenvalue weighted by Crippen LogP contribution is 2.11. The molecule has 3 heteroatoms. The van der Waals surface area contributed by atoms with Crippen LogP contribution < -0.4 is 4.74 Å². The van der Waals surface area contributed by atoms with Crippen molar-refractivity contribution < 1.29 is 14.9 Å². The summed E-state index contributed by atoms with van der Waals surface area (Å²) in [6, 6.07) is 7.10. The third-order valence-electron chi connectivity index (χ3n) is 1.47. The average Bonchev–Trinajstić information content (AvgIpc) is 2.15. The minimum Gasteiger partial charge on any atom is -0.491 e. The highest BCUT2D eigenvalue weighted by atomic mass is 16.5. The maximum atomic E-state index is 8.72. The number of aliphatic hydroxyl groups excluding tert-OH is 2. The Balaban J connectivity index is 2.53. The van der Waals surface area contributed by atoms with Gasteiger partial charge in [-0.1, -0.05) is 12.1 Å². The summed E-state index contributed by atoms with van der Waals surface area (Å²) >= 11 is 0. The Morgan fingerprint density at radius 1 is 1.08 bits per heavy atom. The van der Waals surface area contributed by atoms with E-state index < -0.39 is 0 Å². The Labute approximate surface area is 71.2 Å². The summed E-state index contributed by atoms with van der Waals surface area (Å²) < 4.78 is 5.12. The zero-order chi connectivity index (χ0) is 8.81. The average molecular weight is 168 g/mol. The van der Waals surface area contributed by atoms with Crippen LogP contribution in [0.2, 0.25) is 0 Å². The molecule has 0 bridgehead atoms. The van der Waals surface area contributed by atoms with Crippen molar-refractivity contribution in [3.8, 4) is 5.75 Å². The van der Waals surface area contributed by atoms with Crippen LogP contribution in [0, 0.1) is 0 Å². The van der Waals surface area contributed by atoms with E-state index in [9.17, 15) is 0 Å². The highest BCUT2D eigenvalue weighted by molar-refractivity contribution is 5.26. The van der Waals surface area contributed by atoms with Gasteiger partial charge in [-0.05, 0) is 17.7 Å². The predicted molar refractivity (Wildman–Crippen MR) is 44.9 cm³/mol. The third-order valence-corrected chi connectivity index (χ3v) is 1.47. The molecule has 2 N–H and O–H groups in total. The molecule has 0 aliphatic carbocycles. The van der Waals surface area contributed by atoms with Crippen LogP contribution in [0.1, 0.15) is 5.56 Å². The van der Waals surface area contributed by atoms with Crippen LogP contribution in [0.15, 0.2) is 24.3 Å².